The lowest BCUT2D eigenvalue weighted by molar-refractivity contribution is 0.670. The van der Waals surface area contributed by atoms with Crippen molar-refractivity contribution in [1.82, 2.24) is 0 Å². The monoisotopic (exact) mass is 639 g/mol. The number of nitrogens with zero attached hydrogens (tertiary/aromatic N) is 1. The quantitative estimate of drug-likeness (QED) is 0.173. The number of rotatable bonds is 7. The van der Waals surface area contributed by atoms with Crippen molar-refractivity contribution < 1.29 is 4.42 Å². The molecule has 0 aliphatic carbocycles. The van der Waals surface area contributed by atoms with Crippen molar-refractivity contribution in [2.45, 2.75) is 0 Å². The fourth-order valence-corrected chi connectivity index (χ4v) is 6.94. The largest absolute Gasteiger partial charge is 0.455 e. The van der Waals surface area contributed by atoms with E-state index in [0.29, 0.717) is 0 Å². The highest BCUT2D eigenvalue weighted by molar-refractivity contribution is 6.11. The Kier molecular flexibility index (Phi) is 7.53. The van der Waals surface area contributed by atoms with Crippen LogP contribution in [0.4, 0.5) is 17.1 Å². The highest BCUT2D eigenvalue weighted by Crippen LogP contribution is 2.42. The normalized spacial score (nSPS) is 11.2. The highest BCUT2D eigenvalue weighted by atomic mass is 16.3. The van der Waals surface area contributed by atoms with Gasteiger partial charge in [-0.1, -0.05) is 146 Å². The number of fused-ring (bicyclic) bond motifs is 3. The zero-order chi connectivity index (χ0) is 33.3. The molecule has 1 heterocycles. The Hall–Kier alpha value is -6.64. The summed E-state index contributed by atoms with van der Waals surface area (Å²) in [5, 5.41) is 2.25. The number of hydrogen-bond donors (Lipinski definition) is 0. The fourth-order valence-electron chi connectivity index (χ4n) is 6.94. The Morgan fingerprint density at radius 3 is 1.20 bits per heavy atom. The molecule has 9 rings (SSSR count). The van der Waals surface area contributed by atoms with Crippen molar-refractivity contribution in [3.8, 4) is 44.5 Å². The van der Waals surface area contributed by atoms with Crippen LogP contribution in [0, 0.1) is 0 Å². The number of benzene rings is 8. The summed E-state index contributed by atoms with van der Waals surface area (Å²) in [5.74, 6) is 0. The fraction of sp³-hybridized carbons (Fsp3) is 0. The van der Waals surface area contributed by atoms with Crippen LogP contribution >= 0.6 is 0 Å². The molecule has 0 saturated heterocycles. The third-order valence-corrected chi connectivity index (χ3v) is 9.49. The topological polar surface area (TPSA) is 16.4 Å². The van der Waals surface area contributed by atoms with Crippen molar-refractivity contribution in [2.24, 2.45) is 0 Å². The second-order valence-corrected chi connectivity index (χ2v) is 12.6. The van der Waals surface area contributed by atoms with Gasteiger partial charge in [0, 0.05) is 33.4 Å². The van der Waals surface area contributed by atoms with E-state index >= 15 is 0 Å². The molecule has 2 nitrogen and oxygen atoms in total. The zero-order valence-electron chi connectivity index (χ0n) is 27.4. The molecular weight excluding hydrogens is 607 g/mol. The Morgan fingerprint density at radius 1 is 0.300 bits per heavy atom. The van der Waals surface area contributed by atoms with E-state index in [0.717, 1.165) is 50.1 Å². The first-order valence-corrected chi connectivity index (χ1v) is 17.0. The Labute approximate surface area is 292 Å². The van der Waals surface area contributed by atoms with Gasteiger partial charge >= 0.3 is 0 Å². The summed E-state index contributed by atoms with van der Waals surface area (Å²) in [6.45, 7) is 0. The Morgan fingerprint density at radius 2 is 0.700 bits per heavy atom. The smallest absolute Gasteiger partial charge is 0.143 e. The van der Waals surface area contributed by atoms with Crippen LogP contribution in [0.2, 0.25) is 0 Å². The molecule has 1 aromatic heterocycles. The molecule has 2 heteroatoms. The first-order valence-electron chi connectivity index (χ1n) is 17.0. The predicted molar refractivity (Wildman–Crippen MR) is 210 cm³/mol. The van der Waals surface area contributed by atoms with Crippen LogP contribution in [-0.4, -0.2) is 0 Å². The van der Waals surface area contributed by atoms with E-state index in [1.807, 2.05) is 6.07 Å². The van der Waals surface area contributed by atoms with Gasteiger partial charge in [0.1, 0.15) is 11.2 Å². The van der Waals surface area contributed by atoms with E-state index in [4.69, 9.17) is 4.42 Å². The number of hydrogen-bond acceptors (Lipinski definition) is 2. The second-order valence-electron chi connectivity index (χ2n) is 12.6. The molecule has 236 valence electrons. The van der Waals surface area contributed by atoms with Gasteiger partial charge in [-0.2, -0.15) is 0 Å². The van der Waals surface area contributed by atoms with Gasteiger partial charge in [-0.05, 0) is 93.5 Å². The second kappa shape index (κ2) is 12.8. The third kappa shape index (κ3) is 5.53. The summed E-state index contributed by atoms with van der Waals surface area (Å²) in [5.41, 5.74) is 14.4. The van der Waals surface area contributed by atoms with Crippen LogP contribution in [0.1, 0.15) is 0 Å². The minimum Gasteiger partial charge on any atom is -0.455 e. The molecular formula is C48H33NO. The van der Waals surface area contributed by atoms with Gasteiger partial charge in [-0.15, -0.1) is 0 Å². The lowest BCUT2D eigenvalue weighted by atomic mass is 9.95. The van der Waals surface area contributed by atoms with Crippen LogP contribution in [0.25, 0.3) is 66.4 Å². The number of furan rings is 1. The van der Waals surface area contributed by atoms with Crippen molar-refractivity contribution in [2.75, 3.05) is 4.90 Å². The molecule has 0 aliphatic heterocycles. The van der Waals surface area contributed by atoms with Gasteiger partial charge in [-0.3, -0.25) is 0 Å². The average Bonchev–Trinajstić information content (AvgIpc) is 3.58. The maximum atomic E-state index is 6.53. The van der Waals surface area contributed by atoms with E-state index in [-0.39, 0.29) is 0 Å². The van der Waals surface area contributed by atoms with Crippen LogP contribution in [-0.2, 0) is 0 Å². The van der Waals surface area contributed by atoms with E-state index in [1.54, 1.807) is 0 Å². The summed E-state index contributed by atoms with van der Waals surface area (Å²) in [4.78, 5) is 2.32. The zero-order valence-corrected chi connectivity index (χ0v) is 27.4. The summed E-state index contributed by atoms with van der Waals surface area (Å²) in [6.07, 6.45) is 0. The lowest BCUT2D eigenvalue weighted by Crippen LogP contribution is -2.09. The maximum Gasteiger partial charge on any atom is 0.143 e. The minimum absolute atomic E-state index is 0.898. The molecule has 0 unspecified atom stereocenters. The molecule has 0 saturated carbocycles. The van der Waals surface area contributed by atoms with Gasteiger partial charge in [-0.25, -0.2) is 0 Å². The molecule has 0 radical (unpaired) electrons. The summed E-state index contributed by atoms with van der Waals surface area (Å²) in [7, 11) is 0. The first kappa shape index (κ1) is 29.5. The van der Waals surface area contributed by atoms with E-state index in [2.05, 4.69) is 199 Å². The molecule has 50 heavy (non-hydrogen) atoms. The average molecular weight is 640 g/mol. The van der Waals surface area contributed by atoms with E-state index < -0.39 is 0 Å². The molecule has 9 aromatic rings. The summed E-state index contributed by atoms with van der Waals surface area (Å²) < 4.78 is 6.53. The molecule has 0 atom stereocenters. The van der Waals surface area contributed by atoms with Crippen molar-refractivity contribution in [1.29, 1.82) is 0 Å². The van der Waals surface area contributed by atoms with Crippen molar-refractivity contribution in [3.63, 3.8) is 0 Å². The molecule has 0 N–H and O–H groups in total. The molecule has 0 bridgehead atoms. The van der Waals surface area contributed by atoms with Gasteiger partial charge in [0.2, 0.25) is 0 Å². The first-order chi connectivity index (χ1) is 24.8. The van der Waals surface area contributed by atoms with Gasteiger partial charge in [0.25, 0.3) is 0 Å². The molecule has 0 aliphatic rings. The molecule has 0 spiro atoms. The Bertz CT molecular complexity index is 2450. The van der Waals surface area contributed by atoms with Gasteiger partial charge in [0.15, 0.2) is 0 Å². The molecule has 8 aromatic carbocycles. The van der Waals surface area contributed by atoms with Crippen LogP contribution < -0.4 is 4.90 Å². The maximum absolute atomic E-state index is 6.53. The van der Waals surface area contributed by atoms with Gasteiger partial charge in [0.05, 0.1) is 0 Å². The number of para-hydroxylation sites is 1. The van der Waals surface area contributed by atoms with Crippen LogP contribution in [0.3, 0.4) is 0 Å². The van der Waals surface area contributed by atoms with Gasteiger partial charge < -0.3 is 9.32 Å². The van der Waals surface area contributed by atoms with Crippen LogP contribution in [0.5, 0.6) is 0 Å². The minimum atomic E-state index is 0.898. The van der Waals surface area contributed by atoms with Crippen molar-refractivity contribution in [3.05, 3.63) is 200 Å². The highest BCUT2D eigenvalue weighted by Gasteiger charge is 2.17. The standard InChI is InChI=1S/C48H33NO/c1-4-12-34(13-5-1)37-20-26-41(27-21-37)49(42-28-22-38(23-29-42)35-14-6-2-7-15-35)43-30-24-39(25-31-43)45-32-40(36-16-8-3-9-17-36)33-46-44-18-10-11-19-47(44)50-48(45)46/h1-33H. The SMILES string of the molecule is c1ccc(-c2ccc(N(c3ccc(-c4ccccc4)cc3)c3ccc(-c4cc(-c5ccccc5)cc5c4oc4ccccc45)cc3)cc2)cc1. The van der Waals surface area contributed by atoms with E-state index in [9.17, 15) is 0 Å². The lowest BCUT2D eigenvalue weighted by Gasteiger charge is -2.26. The number of anilines is 3. The summed E-state index contributed by atoms with van der Waals surface area (Å²) in [6, 6.07) is 71.0. The molecule has 0 fully saturated rings. The van der Waals surface area contributed by atoms with Crippen LogP contribution in [0.15, 0.2) is 205 Å². The summed E-state index contributed by atoms with van der Waals surface area (Å²) >= 11 is 0. The Balaban J connectivity index is 1.15. The third-order valence-electron chi connectivity index (χ3n) is 9.49. The predicted octanol–water partition coefficient (Wildman–Crippen LogP) is 13.7. The van der Waals surface area contributed by atoms with Crippen molar-refractivity contribution >= 4 is 39.0 Å². The van der Waals surface area contributed by atoms with E-state index in [1.165, 1.54) is 33.4 Å². The molecule has 0 amide bonds.